The van der Waals surface area contributed by atoms with Crippen LogP contribution >= 0.6 is 0 Å². The highest BCUT2D eigenvalue weighted by atomic mass is 16.5. The number of para-hydroxylation sites is 1. The zero-order valence-corrected chi connectivity index (χ0v) is 22.7. The number of nitrogens with one attached hydrogen (secondary N) is 3. The van der Waals surface area contributed by atoms with Gasteiger partial charge in [0.05, 0.1) is 12.7 Å². The highest BCUT2D eigenvalue weighted by Crippen LogP contribution is 2.27. The molecule has 5 rings (SSSR count). The SMILES string of the molecule is Cc1ccc(C(=O)Nc2ccccc2C2CNCCO2)cc1NC(=O)c1cccc(CN2CCN(C)CC2)c1. The predicted molar refractivity (Wildman–Crippen MR) is 154 cm³/mol. The Hall–Kier alpha value is -3.56. The van der Waals surface area contributed by atoms with E-state index in [1.54, 1.807) is 12.1 Å². The van der Waals surface area contributed by atoms with Crippen LogP contribution in [0.5, 0.6) is 0 Å². The summed E-state index contributed by atoms with van der Waals surface area (Å²) < 4.78 is 5.90. The van der Waals surface area contributed by atoms with E-state index in [1.165, 1.54) is 0 Å². The van der Waals surface area contributed by atoms with Gasteiger partial charge < -0.3 is 25.6 Å². The van der Waals surface area contributed by atoms with E-state index in [0.29, 0.717) is 30.0 Å². The third kappa shape index (κ3) is 6.91. The number of rotatable bonds is 7. The van der Waals surface area contributed by atoms with Gasteiger partial charge in [0.1, 0.15) is 0 Å². The average molecular weight is 528 g/mol. The molecule has 0 saturated carbocycles. The molecule has 2 amide bonds. The maximum absolute atomic E-state index is 13.2. The lowest BCUT2D eigenvalue weighted by molar-refractivity contribution is 0.0281. The fourth-order valence-corrected chi connectivity index (χ4v) is 5.02. The molecule has 3 aromatic carbocycles. The van der Waals surface area contributed by atoms with Crippen LogP contribution in [-0.4, -0.2) is 74.5 Å². The highest BCUT2D eigenvalue weighted by molar-refractivity contribution is 6.08. The van der Waals surface area contributed by atoms with Crippen molar-refractivity contribution in [2.75, 3.05) is 63.6 Å². The van der Waals surface area contributed by atoms with Crippen molar-refractivity contribution in [3.8, 4) is 0 Å². The van der Waals surface area contributed by atoms with Crippen molar-refractivity contribution >= 4 is 23.2 Å². The Morgan fingerprint density at radius 1 is 0.897 bits per heavy atom. The van der Waals surface area contributed by atoms with E-state index >= 15 is 0 Å². The van der Waals surface area contributed by atoms with Crippen LogP contribution in [0.1, 0.15) is 43.5 Å². The topological polar surface area (TPSA) is 85.9 Å². The molecule has 2 heterocycles. The molecule has 3 N–H and O–H groups in total. The van der Waals surface area contributed by atoms with Gasteiger partial charge in [-0.1, -0.05) is 36.4 Å². The van der Waals surface area contributed by atoms with Crippen molar-refractivity contribution in [1.29, 1.82) is 0 Å². The number of hydrogen-bond donors (Lipinski definition) is 3. The van der Waals surface area contributed by atoms with Crippen molar-refractivity contribution in [3.63, 3.8) is 0 Å². The van der Waals surface area contributed by atoms with Gasteiger partial charge in [-0.2, -0.15) is 0 Å². The van der Waals surface area contributed by atoms with Gasteiger partial charge in [0, 0.05) is 73.9 Å². The first-order valence-corrected chi connectivity index (χ1v) is 13.6. The van der Waals surface area contributed by atoms with Gasteiger partial charge in [-0.3, -0.25) is 14.5 Å². The molecule has 8 nitrogen and oxygen atoms in total. The Bertz CT molecular complexity index is 1310. The average Bonchev–Trinajstić information content (AvgIpc) is 2.96. The Morgan fingerprint density at radius 2 is 1.64 bits per heavy atom. The molecule has 2 aliphatic rings. The molecule has 0 spiro atoms. The van der Waals surface area contributed by atoms with Gasteiger partial charge in [-0.05, 0) is 55.4 Å². The summed E-state index contributed by atoms with van der Waals surface area (Å²) in [7, 11) is 2.14. The Kier molecular flexibility index (Phi) is 8.68. The van der Waals surface area contributed by atoms with Crippen LogP contribution in [0.4, 0.5) is 11.4 Å². The van der Waals surface area contributed by atoms with Crippen molar-refractivity contribution < 1.29 is 14.3 Å². The fraction of sp³-hybridized carbons (Fsp3) is 0.355. The molecule has 0 aromatic heterocycles. The van der Waals surface area contributed by atoms with Crippen molar-refractivity contribution in [3.05, 3.63) is 94.5 Å². The molecule has 2 saturated heterocycles. The van der Waals surface area contributed by atoms with E-state index in [4.69, 9.17) is 4.74 Å². The summed E-state index contributed by atoms with van der Waals surface area (Å²) in [5.41, 5.74) is 5.35. The molecule has 0 aliphatic carbocycles. The predicted octanol–water partition coefficient (Wildman–Crippen LogP) is 3.91. The minimum Gasteiger partial charge on any atom is -0.371 e. The normalized spacial score (nSPS) is 18.5. The number of likely N-dealkylation sites (N-methyl/N-ethyl adjacent to an activating group) is 1. The lowest BCUT2D eigenvalue weighted by atomic mass is 10.0. The highest BCUT2D eigenvalue weighted by Gasteiger charge is 2.20. The minimum atomic E-state index is -0.240. The molecule has 0 bridgehead atoms. The zero-order valence-electron chi connectivity index (χ0n) is 22.7. The maximum Gasteiger partial charge on any atom is 0.255 e. The minimum absolute atomic E-state index is 0.116. The monoisotopic (exact) mass is 527 g/mol. The molecule has 204 valence electrons. The summed E-state index contributed by atoms with van der Waals surface area (Å²) in [5, 5.41) is 9.39. The van der Waals surface area contributed by atoms with E-state index in [9.17, 15) is 9.59 Å². The van der Waals surface area contributed by atoms with E-state index < -0.39 is 0 Å². The number of anilines is 2. The number of benzene rings is 3. The quantitative estimate of drug-likeness (QED) is 0.432. The Labute approximate surface area is 230 Å². The number of piperazine rings is 1. The third-order valence-electron chi connectivity index (χ3n) is 7.42. The Balaban J connectivity index is 1.26. The zero-order chi connectivity index (χ0) is 27.2. The summed E-state index contributed by atoms with van der Waals surface area (Å²) in [5.74, 6) is -0.431. The van der Waals surface area contributed by atoms with E-state index in [0.717, 1.165) is 61.6 Å². The summed E-state index contributed by atoms with van der Waals surface area (Å²) in [6.45, 7) is 9.06. The standard InChI is InChI=1S/C31H37N5O3/c1-22-10-11-25(31(38)33-27-9-4-3-8-26(27)29-20-32-12-17-39-29)19-28(22)34-30(37)24-7-5-6-23(18-24)21-36-15-13-35(2)14-16-36/h3-11,18-19,29,32H,12-17,20-21H2,1-2H3,(H,33,38)(H,34,37). The first-order chi connectivity index (χ1) is 19.0. The summed E-state index contributed by atoms with van der Waals surface area (Å²) >= 11 is 0. The molecule has 0 radical (unpaired) electrons. The van der Waals surface area contributed by atoms with Crippen molar-refractivity contribution in [2.45, 2.75) is 19.6 Å². The van der Waals surface area contributed by atoms with Gasteiger partial charge >= 0.3 is 0 Å². The lowest BCUT2D eigenvalue weighted by Gasteiger charge is -2.32. The molecule has 1 atom stereocenters. The van der Waals surface area contributed by atoms with Gasteiger partial charge in [0.25, 0.3) is 11.8 Å². The van der Waals surface area contributed by atoms with Gasteiger partial charge in [-0.15, -0.1) is 0 Å². The van der Waals surface area contributed by atoms with Crippen LogP contribution in [-0.2, 0) is 11.3 Å². The molecular weight excluding hydrogens is 490 g/mol. The fourth-order valence-electron chi connectivity index (χ4n) is 5.02. The maximum atomic E-state index is 13.2. The second-order valence-corrected chi connectivity index (χ2v) is 10.4. The van der Waals surface area contributed by atoms with E-state index in [2.05, 4.69) is 38.9 Å². The van der Waals surface area contributed by atoms with E-state index in [-0.39, 0.29) is 17.9 Å². The van der Waals surface area contributed by atoms with Crippen LogP contribution in [0, 0.1) is 6.92 Å². The van der Waals surface area contributed by atoms with Crippen LogP contribution in [0.25, 0.3) is 0 Å². The number of hydrogen-bond acceptors (Lipinski definition) is 6. The molecule has 8 heteroatoms. The molecule has 39 heavy (non-hydrogen) atoms. The van der Waals surface area contributed by atoms with Crippen LogP contribution < -0.4 is 16.0 Å². The largest absolute Gasteiger partial charge is 0.371 e. The smallest absolute Gasteiger partial charge is 0.255 e. The third-order valence-corrected chi connectivity index (χ3v) is 7.42. The molecule has 1 unspecified atom stereocenters. The number of amides is 2. The first-order valence-electron chi connectivity index (χ1n) is 13.6. The number of ether oxygens (including phenoxy) is 1. The van der Waals surface area contributed by atoms with Crippen molar-refractivity contribution in [1.82, 2.24) is 15.1 Å². The van der Waals surface area contributed by atoms with Gasteiger partial charge in [0.15, 0.2) is 0 Å². The molecular formula is C31H37N5O3. The Morgan fingerprint density at radius 3 is 2.41 bits per heavy atom. The number of nitrogens with zero attached hydrogens (tertiary/aromatic N) is 2. The summed E-state index contributed by atoms with van der Waals surface area (Å²) in [6.07, 6.45) is -0.116. The summed E-state index contributed by atoms with van der Waals surface area (Å²) in [4.78, 5) is 31.2. The number of carbonyl (C=O) groups excluding carboxylic acids is 2. The van der Waals surface area contributed by atoms with Crippen LogP contribution in [0.3, 0.4) is 0 Å². The molecule has 3 aromatic rings. The first kappa shape index (κ1) is 27.0. The van der Waals surface area contributed by atoms with Gasteiger partial charge in [0.2, 0.25) is 0 Å². The second kappa shape index (κ2) is 12.5. The second-order valence-electron chi connectivity index (χ2n) is 10.4. The summed E-state index contributed by atoms with van der Waals surface area (Å²) in [6, 6.07) is 20.9. The number of morpholine rings is 1. The number of carbonyl (C=O) groups is 2. The molecule has 2 aliphatic heterocycles. The van der Waals surface area contributed by atoms with Crippen molar-refractivity contribution in [2.24, 2.45) is 0 Å². The van der Waals surface area contributed by atoms with Crippen LogP contribution in [0.2, 0.25) is 0 Å². The molecule has 2 fully saturated rings. The lowest BCUT2D eigenvalue weighted by Crippen LogP contribution is -2.43. The number of aryl methyl sites for hydroxylation is 1. The van der Waals surface area contributed by atoms with Crippen LogP contribution in [0.15, 0.2) is 66.7 Å². The van der Waals surface area contributed by atoms with E-state index in [1.807, 2.05) is 55.5 Å². The van der Waals surface area contributed by atoms with Gasteiger partial charge in [-0.25, -0.2) is 0 Å².